The molecule has 3 aromatic rings. The number of hydrogen-bond donors (Lipinski definition) is 0. The molecule has 0 N–H and O–H groups in total. The van der Waals surface area contributed by atoms with E-state index in [1.54, 1.807) is 31.5 Å². The Bertz CT molecular complexity index is 968. The first kappa shape index (κ1) is 17.6. The van der Waals surface area contributed by atoms with Crippen molar-refractivity contribution in [3.05, 3.63) is 52.9 Å². The van der Waals surface area contributed by atoms with Crippen molar-refractivity contribution in [2.24, 2.45) is 0 Å². The van der Waals surface area contributed by atoms with Crippen LogP contribution < -0.4 is 24.5 Å². The maximum Gasteiger partial charge on any atom is 0.278 e. The molecular formula is C19H20N2O5. The quantitative estimate of drug-likeness (QED) is 0.648. The van der Waals surface area contributed by atoms with Crippen molar-refractivity contribution in [2.45, 2.75) is 6.54 Å². The van der Waals surface area contributed by atoms with Gasteiger partial charge in [-0.2, -0.15) is 5.10 Å². The first-order valence-electron chi connectivity index (χ1n) is 8.05. The number of ether oxygens (including phenoxy) is 4. The summed E-state index contributed by atoms with van der Waals surface area (Å²) in [6.07, 6.45) is 1.63. The van der Waals surface area contributed by atoms with Gasteiger partial charge in [-0.1, -0.05) is 6.07 Å². The highest BCUT2D eigenvalue weighted by molar-refractivity contribution is 5.89. The topological polar surface area (TPSA) is 71.8 Å². The molecule has 3 rings (SSSR count). The lowest BCUT2D eigenvalue weighted by atomic mass is 10.1. The van der Waals surface area contributed by atoms with Gasteiger partial charge in [-0.25, -0.2) is 4.68 Å². The Hall–Kier alpha value is -3.22. The van der Waals surface area contributed by atoms with Crippen molar-refractivity contribution in [1.82, 2.24) is 9.78 Å². The molecule has 0 spiro atoms. The monoisotopic (exact) mass is 356 g/mol. The summed E-state index contributed by atoms with van der Waals surface area (Å²) in [5.41, 5.74) is -0.257. The average Bonchev–Trinajstić information content (AvgIpc) is 2.69. The maximum absolute atomic E-state index is 12.8. The van der Waals surface area contributed by atoms with Crippen molar-refractivity contribution >= 4 is 10.8 Å². The van der Waals surface area contributed by atoms with Gasteiger partial charge in [-0.05, 0) is 24.3 Å². The molecule has 0 amide bonds. The molecule has 0 fully saturated rings. The molecule has 2 aromatic carbocycles. The highest BCUT2D eigenvalue weighted by Crippen LogP contribution is 2.32. The van der Waals surface area contributed by atoms with Crippen molar-refractivity contribution in [3.8, 4) is 23.0 Å². The molecule has 136 valence electrons. The fourth-order valence-electron chi connectivity index (χ4n) is 2.68. The number of aromatic nitrogens is 2. The zero-order valence-corrected chi connectivity index (χ0v) is 14.9. The van der Waals surface area contributed by atoms with Crippen molar-refractivity contribution in [2.75, 3.05) is 27.9 Å². The van der Waals surface area contributed by atoms with E-state index in [9.17, 15) is 4.79 Å². The molecule has 0 saturated carbocycles. The van der Waals surface area contributed by atoms with E-state index < -0.39 is 0 Å². The van der Waals surface area contributed by atoms with Crippen LogP contribution in [0.25, 0.3) is 10.8 Å². The lowest BCUT2D eigenvalue weighted by Crippen LogP contribution is -2.26. The van der Waals surface area contributed by atoms with Gasteiger partial charge >= 0.3 is 0 Å². The van der Waals surface area contributed by atoms with Crippen LogP contribution in [0.1, 0.15) is 0 Å². The van der Waals surface area contributed by atoms with Crippen molar-refractivity contribution in [3.63, 3.8) is 0 Å². The third-order valence-corrected chi connectivity index (χ3v) is 3.98. The summed E-state index contributed by atoms with van der Waals surface area (Å²) in [6, 6.07) is 10.8. The summed E-state index contributed by atoms with van der Waals surface area (Å²) in [7, 11) is 4.64. The highest BCUT2D eigenvalue weighted by atomic mass is 16.5. The summed E-state index contributed by atoms with van der Waals surface area (Å²) >= 11 is 0. The van der Waals surface area contributed by atoms with Gasteiger partial charge in [0.05, 0.1) is 39.5 Å². The molecule has 7 heteroatoms. The maximum atomic E-state index is 12.8. The minimum absolute atomic E-state index is 0.257. The number of fused-ring (bicyclic) bond motifs is 1. The largest absolute Gasteiger partial charge is 0.497 e. The molecule has 0 atom stereocenters. The van der Waals surface area contributed by atoms with Gasteiger partial charge in [0.1, 0.15) is 18.1 Å². The second-order valence-electron chi connectivity index (χ2n) is 5.47. The molecule has 0 saturated heterocycles. The lowest BCUT2D eigenvalue weighted by Gasteiger charge is -2.12. The highest BCUT2D eigenvalue weighted by Gasteiger charge is 2.14. The van der Waals surface area contributed by atoms with Crippen LogP contribution in [0, 0.1) is 0 Å². The van der Waals surface area contributed by atoms with E-state index in [1.807, 2.05) is 18.2 Å². The Morgan fingerprint density at radius 1 is 1.00 bits per heavy atom. The third-order valence-electron chi connectivity index (χ3n) is 3.98. The van der Waals surface area contributed by atoms with Crippen LogP contribution in [0.15, 0.2) is 47.4 Å². The predicted octanol–water partition coefficient (Wildman–Crippen LogP) is 2.50. The Labute approximate surface area is 150 Å². The van der Waals surface area contributed by atoms with Crippen LogP contribution in [0.4, 0.5) is 0 Å². The lowest BCUT2D eigenvalue weighted by molar-refractivity contribution is 0.286. The van der Waals surface area contributed by atoms with Crippen molar-refractivity contribution in [1.29, 1.82) is 0 Å². The van der Waals surface area contributed by atoms with E-state index in [0.717, 1.165) is 0 Å². The minimum Gasteiger partial charge on any atom is -0.497 e. The number of hydrogen-bond acceptors (Lipinski definition) is 6. The summed E-state index contributed by atoms with van der Waals surface area (Å²) in [5.74, 6) is 2.28. The SMILES string of the molecule is COc1cccc(OCCn2ncc3ccc(OC)c(OC)c3c2=O)c1. The Morgan fingerprint density at radius 3 is 2.54 bits per heavy atom. The van der Waals surface area contributed by atoms with Gasteiger partial charge < -0.3 is 18.9 Å². The Morgan fingerprint density at radius 2 is 1.81 bits per heavy atom. The molecule has 0 bridgehead atoms. The molecule has 0 aliphatic rings. The van der Waals surface area contributed by atoms with E-state index >= 15 is 0 Å². The van der Waals surface area contributed by atoms with E-state index in [0.29, 0.717) is 40.3 Å². The van der Waals surface area contributed by atoms with Gasteiger partial charge in [0.15, 0.2) is 11.5 Å². The van der Waals surface area contributed by atoms with Crippen LogP contribution in [0.2, 0.25) is 0 Å². The number of benzene rings is 2. The molecule has 0 unspecified atom stereocenters. The van der Waals surface area contributed by atoms with Crippen molar-refractivity contribution < 1.29 is 18.9 Å². The van der Waals surface area contributed by atoms with Crippen LogP contribution in [-0.2, 0) is 6.54 Å². The second-order valence-corrected chi connectivity index (χ2v) is 5.47. The van der Waals surface area contributed by atoms with E-state index in [1.165, 1.54) is 18.9 Å². The molecular weight excluding hydrogens is 336 g/mol. The van der Waals surface area contributed by atoms with Gasteiger partial charge in [0.2, 0.25) is 0 Å². The van der Waals surface area contributed by atoms with Crippen LogP contribution in [0.5, 0.6) is 23.0 Å². The fraction of sp³-hybridized carbons (Fsp3) is 0.263. The molecule has 0 aliphatic heterocycles. The summed E-state index contributed by atoms with van der Waals surface area (Å²) in [4.78, 5) is 12.8. The van der Waals surface area contributed by atoms with Gasteiger partial charge in [0.25, 0.3) is 5.56 Å². The summed E-state index contributed by atoms with van der Waals surface area (Å²) < 4.78 is 22.8. The molecule has 1 heterocycles. The zero-order valence-electron chi connectivity index (χ0n) is 14.9. The molecule has 0 radical (unpaired) electrons. The second kappa shape index (κ2) is 7.77. The van der Waals surface area contributed by atoms with Crippen LogP contribution in [-0.4, -0.2) is 37.7 Å². The third kappa shape index (κ3) is 3.42. The normalized spacial score (nSPS) is 10.6. The van der Waals surface area contributed by atoms with Gasteiger partial charge in [-0.15, -0.1) is 0 Å². The number of nitrogens with zero attached hydrogens (tertiary/aromatic N) is 2. The zero-order chi connectivity index (χ0) is 18.5. The Kier molecular flexibility index (Phi) is 5.26. The van der Waals surface area contributed by atoms with Gasteiger partial charge in [0, 0.05) is 11.5 Å². The Balaban J connectivity index is 1.84. The molecule has 7 nitrogen and oxygen atoms in total. The van der Waals surface area contributed by atoms with Gasteiger partial charge in [-0.3, -0.25) is 4.79 Å². The van der Waals surface area contributed by atoms with E-state index in [2.05, 4.69) is 5.10 Å². The fourth-order valence-corrected chi connectivity index (χ4v) is 2.68. The smallest absolute Gasteiger partial charge is 0.278 e. The summed E-state index contributed by atoms with van der Waals surface area (Å²) in [6.45, 7) is 0.588. The standard InChI is InChI=1S/C19H20N2O5/c1-23-14-5-4-6-15(11-14)26-10-9-21-19(22)17-13(12-20-21)7-8-16(24-2)18(17)25-3/h4-8,11-12H,9-10H2,1-3H3. The van der Waals surface area contributed by atoms with E-state index in [-0.39, 0.29) is 12.2 Å². The average molecular weight is 356 g/mol. The number of methoxy groups -OCH3 is 3. The molecule has 1 aromatic heterocycles. The molecule has 26 heavy (non-hydrogen) atoms. The number of rotatable bonds is 7. The first-order chi connectivity index (χ1) is 12.7. The molecule has 0 aliphatic carbocycles. The minimum atomic E-state index is -0.257. The van der Waals surface area contributed by atoms with Crippen LogP contribution >= 0.6 is 0 Å². The summed E-state index contributed by atoms with van der Waals surface area (Å²) in [5, 5.41) is 5.33. The first-order valence-corrected chi connectivity index (χ1v) is 8.05. The van der Waals surface area contributed by atoms with Crippen LogP contribution in [0.3, 0.4) is 0 Å². The van der Waals surface area contributed by atoms with E-state index in [4.69, 9.17) is 18.9 Å². The predicted molar refractivity (Wildman–Crippen MR) is 97.6 cm³/mol.